The number of carbonyl (C=O) groups is 3. The first kappa shape index (κ1) is 30.5. The van der Waals surface area contributed by atoms with Gasteiger partial charge in [-0.2, -0.15) is 0 Å². The number of azide groups is 1. The van der Waals surface area contributed by atoms with Crippen molar-refractivity contribution in [1.29, 1.82) is 0 Å². The molecule has 10 nitrogen and oxygen atoms in total. The predicted molar refractivity (Wildman–Crippen MR) is 127 cm³/mol. The number of urea groups is 1. The van der Waals surface area contributed by atoms with Gasteiger partial charge in [0.15, 0.2) is 0 Å². The van der Waals surface area contributed by atoms with Gasteiger partial charge in [-0.1, -0.05) is 32.3 Å². The van der Waals surface area contributed by atoms with Gasteiger partial charge in [0.2, 0.25) is 0 Å². The lowest BCUT2D eigenvalue weighted by molar-refractivity contribution is -0.158. The Morgan fingerprint density at radius 2 is 1.45 bits per heavy atom. The van der Waals surface area contributed by atoms with Crippen LogP contribution in [0.25, 0.3) is 10.4 Å². The summed E-state index contributed by atoms with van der Waals surface area (Å²) in [5, 5.41) is 9.14. The van der Waals surface area contributed by atoms with Gasteiger partial charge in [-0.3, -0.25) is 4.79 Å². The molecule has 0 radical (unpaired) electrons. The SMILES string of the molecule is CC(C)(C)OC(=O)CC[C@H](NC(=O)N[C@@H](CCCCN=[N+]=[N-])C(C)(C)C)C(=O)OC(C)(C)C. The fourth-order valence-corrected chi connectivity index (χ4v) is 2.93. The number of hydrogen-bond donors (Lipinski definition) is 2. The number of ether oxygens (including phenoxy) is 2. The summed E-state index contributed by atoms with van der Waals surface area (Å²) >= 11 is 0. The number of hydrogen-bond acceptors (Lipinski definition) is 6. The summed E-state index contributed by atoms with van der Waals surface area (Å²) in [6, 6.07) is -1.68. The van der Waals surface area contributed by atoms with E-state index < -0.39 is 35.2 Å². The van der Waals surface area contributed by atoms with Crippen molar-refractivity contribution in [2.24, 2.45) is 10.5 Å². The largest absolute Gasteiger partial charge is 0.460 e. The Hall–Kier alpha value is -2.48. The summed E-state index contributed by atoms with van der Waals surface area (Å²) in [5.41, 5.74) is 6.78. The summed E-state index contributed by atoms with van der Waals surface area (Å²) < 4.78 is 10.7. The van der Waals surface area contributed by atoms with Crippen molar-refractivity contribution < 1.29 is 23.9 Å². The molecule has 0 aromatic rings. The van der Waals surface area contributed by atoms with E-state index in [1.807, 2.05) is 20.8 Å². The van der Waals surface area contributed by atoms with Crippen molar-refractivity contribution >= 4 is 18.0 Å². The topological polar surface area (TPSA) is 142 Å². The van der Waals surface area contributed by atoms with Crippen LogP contribution < -0.4 is 10.6 Å². The van der Waals surface area contributed by atoms with Crippen LogP contribution in [0.2, 0.25) is 0 Å². The number of nitrogens with one attached hydrogen (secondary N) is 2. The maximum atomic E-state index is 12.8. The molecule has 0 aromatic carbocycles. The second kappa shape index (κ2) is 13.3. The Morgan fingerprint density at radius 1 is 0.879 bits per heavy atom. The number of carbonyl (C=O) groups excluding carboxylic acids is 3. The predicted octanol–water partition coefficient (Wildman–Crippen LogP) is 5.01. The molecule has 0 aliphatic rings. The van der Waals surface area contributed by atoms with E-state index in [1.165, 1.54) is 0 Å². The first-order valence-corrected chi connectivity index (χ1v) is 11.5. The zero-order valence-electron chi connectivity index (χ0n) is 21.8. The molecule has 0 heterocycles. The Morgan fingerprint density at radius 3 is 1.94 bits per heavy atom. The van der Waals surface area contributed by atoms with Crippen molar-refractivity contribution in [3.63, 3.8) is 0 Å². The molecule has 0 saturated heterocycles. The zero-order chi connectivity index (χ0) is 25.9. The van der Waals surface area contributed by atoms with E-state index in [2.05, 4.69) is 20.7 Å². The maximum absolute atomic E-state index is 12.8. The van der Waals surface area contributed by atoms with Crippen molar-refractivity contribution in [3.8, 4) is 0 Å². The molecular formula is C23H43N5O5. The van der Waals surface area contributed by atoms with Gasteiger partial charge in [-0.05, 0) is 71.8 Å². The average molecular weight is 470 g/mol. The van der Waals surface area contributed by atoms with Gasteiger partial charge in [0.25, 0.3) is 0 Å². The lowest BCUT2D eigenvalue weighted by Crippen LogP contribution is -2.53. The van der Waals surface area contributed by atoms with E-state index >= 15 is 0 Å². The highest BCUT2D eigenvalue weighted by atomic mass is 16.6. The molecular weight excluding hydrogens is 426 g/mol. The van der Waals surface area contributed by atoms with E-state index in [4.69, 9.17) is 15.0 Å². The fourth-order valence-electron chi connectivity index (χ4n) is 2.93. The van der Waals surface area contributed by atoms with Gasteiger partial charge in [-0.25, -0.2) is 9.59 Å². The third-order valence-corrected chi connectivity index (χ3v) is 4.47. The second-order valence-electron chi connectivity index (χ2n) is 11.2. The summed E-state index contributed by atoms with van der Waals surface area (Å²) in [7, 11) is 0. The molecule has 0 aliphatic heterocycles. The molecule has 0 aliphatic carbocycles. The van der Waals surface area contributed by atoms with Crippen molar-refractivity contribution in [2.45, 2.75) is 118 Å². The minimum Gasteiger partial charge on any atom is -0.460 e. The average Bonchev–Trinajstić information content (AvgIpc) is 2.60. The van der Waals surface area contributed by atoms with E-state index in [-0.39, 0.29) is 24.3 Å². The van der Waals surface area contributed by atoms with Crippen molar-refractivity contribution in [1.82, 2.24) is 10.6 Å². The minimum absolute atomic E-state index is 0.0381. The highest BCUT2D eigenvalue weighted by Crippen LogP contribution is 2.23. The lowest BCUT2D eigenvalue weighted by Gasteiger charge is -2.32. The highest BCUT2D eigenvalue weighted by Gasteiger charge is 2.31. The molecule has 190 valence electrons. The Balaban J connectivity index is 5.19. The Labute approximate surface area is 198 Å². The first-order valence-electron chi connectivity index (χ1n) is 11.5. The first-order chi connectivity index (χ1) is 14.9. The highest BCUT2D eigenvalue weighted by molar-refractivity contribution is 5.84. The molecule has 0 rings (SSSR count). The minimum atomic E-state index is -0.998. The summed E-state index contributed by atoms with van der Waals surface area (Å²) in [4.78, 5) is 40.3. The number of rotatable bonds is 11. The second-order valence-corrected chi connectivity index (χ2v) is 11.2. The molecule has 33 heavy (non-hydrogen) atoms. The Kier molecular flexibility index (Phi) is 12.3. The van der Waals surface area contributed by atoms with Crippen LogP contribution in [0.3, 0.4) is 0 Å². The van der Waals surface area contributed by atoms with E-state index in [1.54, 1.807) is 41.5 Å². The fraction of sp³-hybridized carbons (Fsp3) is 0.870. The lowest BCUT2D eigenvalue weighted by atomic mass is 9.84. The van der Waals surface area contributed by atoms with Gasteiger partial charge in [-0.15, -0.1) is 0 Å². The molecule has 0 unspecified atom stereocenters. The van der Waals surface area contributed by atoms with Crippen LogP contribution in [0, 0.1) is 5.41 Å². The van der Waals surface area contributed by atoms with Crippen LogP contribution in [-0.4, -0.2) is 47.8 Å². The molecule has 0 saturated carbocycles. The van der Waals surface area contributed by atoms with Gasteiger partial charge < -0.3 is 20.1 Å². The van der Waals surface area contributed by atoms with Gasteiger partial charge in [0.1, 0.15) is 17.2 Å². The molecule has 0 spiro atoms. The third-order valence-electron chi connectivity index (χ3n) is 4.47. The summed E-state index contributed by atoms with van der Waals surface area (Å²) in [6.45, 7) is 17.0. The van der Waals surface area contributed by atoms with Crippen LogP contribution in [0.4, 0.5) is 4.79 Å². The van der Waals surface area contributed by atoms with Crippen LogP contribution in [0.5, 0.6) is 0 Å². The van der Waals surface area contributed by atoms with Crippen LogP contribution in [-0.2, 0) is 19.1 Å². The molecule has 0 aromatic heterocycles. The number of unbranched alkanes of at least 4 members (excludes halogenated alkanes) is 1. The van der Waals surface area contributed by atoms with Gasteiger partial charge in [0.05, 0.1) is 0 Å². The molecule has 2 amide bonds. The van der Waals surface area contributed by atoms with Crippen molar-refractivity contribution in [3.05, 3.63) is 10.4 Å². The van der Waals surface area contributed by atoms with E-state index in [0.717, 1.165) is 12.8 Å². The molecule has 2 atom stereocenters. The smallest absolute Gasteiger partial charge is 0.329 e. The van der Waals surface area contributed by atoms with Gasteiger partial charge in [0, 0.05) is 23.9 Å². The van der Waals surface area contributed by atoms with Crippen LogP contribution in [0.15, 0.2) is 5.11 Å². The third kappa shape index (κ3) is 15.9. The van der Waals surface area contributed by atoms with Gasteiger partial charge >= 0.3 is 18.0 Å². The van der Waals surface area contributed by atoms with E-state index in [9.17, 15) is 14.4 Å². The molecule has 0 bridgehead atoms. The summed E-state index contributed by atoms with van der Waals surface area (Å²) in [5.74, 6) is -1.06. The number of nitrogens with zero attached hydrogens (tertiary/aromatic N) is 3. The Bertz CT molecular complexity index is 698. The number of esters is 2. The zero-order valence-corrected chi connectivity index (χ0v) is 21.8. The summed E-state index contributed by atoms with van der Waals surface area (Å²) in [6.07, 6.45) is 2.20. The normalized spacial score (nSPS) is 13.8. The molecule has 0 fully saturated rings. The quantitative estimate of drug-likeness (QED) is 0.144. The van der Waals surface area contributed by atoms with Crippen molar-refractivity contribution in [2.75, 3.05) is 6.54 Å². The van der Waals surface area contributed by atoms with Crippen LogP contribution in [0.1, 0.15) is 94.4 Å². The van der Waals surface area contributed by atoms with Crippen LogP contribution >= 0.6 is 0 Å². The van der Waals surface area contributed by atoms with E-state index in [0.29, 0.717) is 13.0 Å². The molecule has 2 N–H and O–H groups in total. The number of amides is 2. The molecule has 10 heteroatoms. The monoisotopic (exact) mass is 469 g/mol. The standard InChI is InChI=1S/C23H43N5O5/c1-21(2,3)17(12-10-11-15-25-28-24)27-20(31)26-16(19(30)33-23(7,8)9)13-14-18(29)32-22(4,5)6/h16-17H,10-15H2,1-9H3,(H2,26,27,31)/t16-,17-/m0/s1. The maximum Gasteiger partial charge on any atom is 0.329 e.